The van der Waals surface area contributed by atoms with Crippen LogP contribution >= 0.6 is 0 Å². The number of nitrogens with two attached hydrogens (primary N) is 1. The molecule has 0 amide bonds. The molecule has 1 aromatic rings. The van der Waals surface area contributed by atoms with E-state index in [2.05, 4.69) is 11.9 Å². The van der Waals surface area contributed by atoms with Gasteiger partial charge in [-0.25, -0.2) is 13.6 Å². The summed E-state index contributed by atoms with van der Waals surface area (Å²) in [7, 11) is -0.115. The van der Waals surface area contributed by atoms with Crippen LogP contribution in [-0.4, -0.2) is 52.0 Å². The number of piperidine rings is 1. The van der Waals surface area contributed by atoms with Crippen molar-refractivity contribution < 1.29 is 13.3 Å². The van der Waals surface area contributed by atoms with Gasteiger partial charge in [0.05, 0.1) is 9.82 Å². The average molecular weight is 342 g/mol. The zero-order valence-corrected chi connectivity index (χ0v) is 14.1. The molecule has 1 aliphatic rings. The molecule has 23 heavy (non-hydrogen) atoms. The molecule has 2 N–H and O–H groups in total. The van der Waals surface area contributed by atoms with Crippen LogP contribution in [0.25, 0.3) is 0 Å². The number of hydrogen-bond donors (Lipinski definition) is 1. The van der Waals surface area contributed by atoms with E-state index in [0.29, 0.717) is 18.2 Å². The predicted octanol–water partition coefficient (Wildman–Crippen LogP) is 1.02. The Labute approximate surface area is 136 Å². The molecule has 0 bridgehead atoms. The quantitative estimate of drug-likeness (QED) is 0.632. The summed E-state index contributed by atoms with van der Waals surface area (Å²) in [6, 6.07) is 3.78. The highest BCUT2D eigenvalue weighted by Crippen LogP contribution is 2.31. The van der Waals surface area contributed by atoms with Gasteiger partial charge < -0.3 is 9.80 Å². The lowest BCUT2D eigenvalue weighted by molar-refractivity contribution is -0.384. The van der Waals surface area contributed by atoms with E-state index in [1.807, 2.05) is 4.90 Å². The Hall–Kier alpha value is -1.71. The molecule has 1 unspecified atom stereocenters. The summed E-state index contributed by atoms with van der Waals surface area (Å²) in [5, 5.41) is 16.3. The van der Waals surface area contributed by atoms with Crippen LogP contribution in [-0.2, 0) is 10.0 Å². The molecule has 1 aliphatic heterocycles. The third-order valence-corrected chi connectivity index (χ3v) is 5.05. The summed E-state index contributed by atoms with van der Waals surface area (Å²) in [4.78, 5) is 14.5. The Morgan fingerprint density at radius 1 is 1.48 bits per heavy atom. The standard InChI is InChI=1S/C14H22N4O4S/c1-16-7-3-4-11(9-16)10-17(2)13-6-5-12(23(15,21)22)8-14(13)18(19)20/h5-6,8,11H,3-4,7,9-10H2,1-2H3,(H2,15,21,22). The molecular formula is C14H22N4O4S. The van der Waals surface area contributed by atoms with E-state index in [9.17, 15) is 18.5 Å². The van der Waals surface area contributed by atoms with Crippen LogP contribution in [0.4, 0.5) is 11.4 Å². The summed E-state index contributed by atoms with van der Waals surface area (Å²) < 4.78 is 22.8. The molecule has 2 rings (SSSR count). The molecule has 1 aromatic carbocycles. The van der Waals surface area contributed by atoms with E-state index in [0.717, 1.165) is 32.0 Å². The van der Waals surface area contributed by atoms with Crippen molar-refractivity contribution in [1.29, 1.82) is 0 Å². The highest BCUT2D eigenvalue weighted by molar-refractivity contribution is 7.89. The van der Waals surface area contributed by atoms with Crippen molar-refractivity contribution in [3.8, 4) is 0 Å². The number of benzene rings is 1. The van der Waals surface area contributed by atoms with Crippen molar-refractivity contribution in [3.63, 3.8) is 0 Å². The number of hydrogen-bond acceptors (Lipinski definition) is 6. The molecule has 1 heterocycles. The van der Waals surface area contributed by atoms with Gasteiger partial charge in [-0.15, -0.1) is 0 Å². The third kappa shape index (κ3) is 4.40. The van der Waals surface area contributed by atoms with Crippen LogP contribution in [0.1, 0.15) is 12.8 Å². The fourth-order valence-corrected chi connectivity index (χ4v) is 3.59. The Kier molecular flexibility index (Phi) is 5.23. The number of nitro benzene ring substituents is 1. The number of primary sulfonamides is 1. The van der Waals surface area contributed by atoms with Crippen molar-refractivity contribution in [1.82, 2.24) is 4.90 Å². The molecule has 8 nitrogen and oxygen atoms in total. The molecule has 1 fully saturated rings. The molecule has 1 saturated heterocycles. The van der Waals surface area contributed by atoms with Crippen molar-refractivity contribution >= 4 is 21.4 Å². The molecule has 128 valence electrons. The van der Waals surface area contributed by atoms with Crippen LogP contribution in [0.5, 0.6) is 0 Å². The highest BCUT2D eigenvalue weighted by atomic mass is 32.2. The second kappa shape index (κ2) is 6.81. The first-order chi connectivity index (χ1) is 10.7. The molecule has 1 atom stereocenters. The van der Waals surface area contributed by atoms with E-state index in [1.54, 1.807) is 7.05 Å². The second-order valence-corrected chi connectivity index (χ2v) is 7.67. The van der Waals surface area contributed by atoms with E-state index in [1.165, 1.54) is 12.1 Å². The van der Waals surface area contributed by atoms with Crippen LogP contribution in [0.3, 0.4) is 0 Å². The lowest BCUT2D eigenvalue weighted by Crippen LogP contribution is -2.38. The van der Waals surface area contributed by atoms with Gasteiger partial charge in [0, 0.05) is 26.2 Å². The zero-order valence-electron chi connectivity index (χ0n) is 13.3. The topological polar surface area (TPSA) is 110 Å². The van der Waals surface area contributed by atoms with E-state index < -0.39 is 14.9 Å². The van der Waals surface area contributed by atoms with Crippen LogP contribution in [0.15, 0.2) is 23.1 Å². The number of nitrogens with zero attached hydrogens (tertiary/aromatic N) is 3. The van der Waals surface area contributed by atoms with E-state index in [-0.39, 0.29) is 10.6 Å². The van der Waals surface area contributed by atoms with E-state index in [4.69, 9.17) is 5.14 Å². The Bertz CT molecular complexity index is 692. The number of rotatable bonds is 5. The van der Waals surface area contributed by atoms with Crippen molar-refractivity contribution in [3.05, 3.63) is 28.3 Å². The van der Waals surface area contributed by atoms with Gasteiger partial charge in [-0.2, -0.15) is 0 Å². The molecule has 0 saturated carbocycles. The number of likely N-dealkylation sites (tertiary alicyclic amines) is 1. The highest BCUT2D eigenvalue weighted by Gasteiger charge is 2.24. The fraction of sp³-hybridized carbons (Fsp3) is 0.571. The monoisotopic (exact) mass is 342 g/mol. The number of anilines is 1. The van der Waals surface area contributed by atoms with Crippen LogP contribution in [0.2, 0.25) is 0 Å². The SMILES string of the molecule is CN1CCCC(CN(C)c2ccc(S(N)(=O)=O)cc2[N+](=O)[O-])C1. The molecular weight excluding hydrogens is 320 g/mol. The second-order valence-electron chi connectivity index (χ2n) is 6.10. The Morgan fingerprint density at radius 2 is 2.17 bits per heavy atom. The number of sulfonamides is 1. The van der Waals surface area contributed by atoms with Gasteiger partial charge in [-0.1, -0.05) is 0 Å². The van der Waals surface area contributed by atoms with Crippen molar-refractivity contribution in [2.45, 2.75) is 17.7 Å². The predicted molar refractivity (Wildman–Crippen MR) is 88.0 cm³/mol. The van der Waals surface area contributed by atoms with Gasteiger partial charge in [0.25, 0.3) is 5.69 Å². The molecule has 0 aliphatic carbocycles. The fourth-order valence-electron chi connectivity index (χ4n) is 3.06. The van der Waals surface area contributed by atoms with E-state index >= 15 is 0 Å². The van der Waals surface area contributed by atoms with Crippen molar-refractivity contribution in [2.24, 2.45) is 11.1 Å². The molecule has 0 aromatic heterocycles. The minimum absolute atomic E-state index is 0.247. The first-order valence-electron chi connectivity index (χ1n) is 7.39. The largest absolute Gasteiger partial charge is 0.369 e. The lowest BCUT2D eigenvalue weighted by atomic mass is 9.98. The smallest absolute Gasteiger partial charge is 0.293 e. The minimum atomic E-state index is -3.97. The van der Waals surface area contributed by atoms with Gasteiger partial charge >= 0.3 is 0 Å². The number of nitro groups is 1. The normalized spacial score (nSPS) is 19.5. The van der Waals surface area contributed by atoms with Gasteiger partial charge in [0.15, 0.2) is 0 Å². The van der Waals surface area contributed by atoms with Gasteiger partial charge in [0.2, 0.25) is 10.0 Å². The summed E-state index contributed by atoms with van der Waals surface area (Å²) in [6.07, 6.45) is 2.19. The van der Waals surface area contributed by atoms with Crippen LogP contribution in [0, 0.1) is 16.0 Å². The molecule has 9 heteroatoms. The maximum Gasteiger partial charge on any atom is 0.293 e. The van der Waals surface area contributed by atoms with Crippen molar-refractivity contribution in [2.75, 3.05) is 38.6 Å². The summed E-state index contributed by atoms with van der Waals surface area (Å²) in [5.74, 6) is 0.427. The zero-order chi connectivity index (χ0) is 17.2. The maximum absolute atomic E-state index is 11.4. The van der Waals surface area contributed by atoms with Gasteiger partial charge in [-0.3, -0.25) is 10.1 Å². The molecule has 0 spiro atoms. The third-order valence-electron chi connectivity index (χ3n) is 4.14. The average Bonchev–Trinajstić information content (AvgIpc) is 2.45. The Balaban J connectivity index is 2.25. The first-order valence-corrected chi connectivity index (χ1v) is 8.94. The Morgan fingerprint density at radius 3 is 2.74 bits per heavy atom. The molecule has 0 radical (unpaired) electrons. The van der Waals surface area contributed by atoms with Gasteiger partial charge in [0.1, 0.15) is 5.69 Å². The summed E-state index contributed by atoms with van der Waals surface area (Å²) in [6.45, 7) is 2.71. The summed E-state index contributed by atoms with van der Waals surface area (Å²) in [5.41, 5.74) is 0.152. The lowest BCUT2D eigenvalue weighted by Gasteiger charge is -2.33. The van der Waals surface area contributed by atoms with Crippen LogP contribution < -0.4 is 10.0 Å². The van der Waals surface area contributed by atoms with Gasteiger partial charge in [-0.05, 0) is 44.5 Å². The minimum Gasteiger partial charge on any atom is -0.369 e. The summed E-state index contributed by atoms with van der Waals surface area (Å²) >= 11 is 0. The maximum atomic E-state index is 11.4. The first kappa shape index (κ1) is 17.6.